The van der Waals surface area contributed by atoms with E-state index in [0.29, 0.717) is 6.42 Å². The Morgan fingerprint density at radius 3 is 2.46 bits per heavy atom. The molecule has 0 aliphatic carbocycles. The van der Waals surface area contributed by atoms with Gasteiger partial charge in [-0.05, 0) is 55.1 Å². The van der Waals surface area contributed by atoms with Gasteiger partial charge in [0.25, 0.3) is 0 Å². The van der Waals surface area contributed by atoms with Crippen LogP contribution >= 0.6 is 0 Å². The van der Waals surface area contributed by atoms with Crippen LogP contribution in [0.2, 0.25) is 0 Å². The number of hydrogen-bond acceptors (Lipinski definition) is 3. The summed E-state index contributed by atoms with van der Waals surface area (Å²) >= 11 is 0. The van der Waals surface area contributed by atoms with E-state index in [1.54, 1.807) is 6.92 Å². The van der Waals surface area contributed by atoms with Gasteiger partial charge in [0.15, 0.2) is 0 Å². The van der Waals surface area contributed by atoms with Crippen LogP contribution in [0.5, 0.6) is 5.75 Å². The molecule has 0 saturated carbocycles. The van der Waals surface area contributed by atoms with Crippen molar-refractivity contribution in [2.75, 3.05) is 13.2 Å². The maximum absolute atomic E-state index is 10.9. The Bertz CT molecular complexity index is 694. The number of nitrogens with one attached hydrogen (secondary N) is 1. The molecule has 0 unspecified atom stereocenters. The molecule has 0 aliphatic rings. The number of carbonyl (C=O) groups excluding carboxylic acids is 1. The molecule has 0 aliphatic heterocycles. The van der Waals surface area contributed by atoms with E-state index in [1.165, 1.54) is 42.4 Å². The number of hydrogen-bond donors (Lipinski definition) is 1. The maximum atomic E-state index is 10.9. The number of rotatable bonds is 14. The topological polar surface area (TPSA) is 38.3 Å². The summed E-state index contributed by atoms with van der Waals surface area (Å²) in [6.07, 6.45) is 7.83. The van der Waals surface area contributed by atoms with Gasteiger partial charge in [-0.3, -0.25) is 0 Å². The summed E-state index contributed by atoms with van der Waals surface area (Å²) in [6, 6.07) is 17.0. The third-order valence-electron chi connectivity index (χ3n) is 4.85. The number of benzene rings is 2. The number of ether oxygens (including phenoxy) is 1. The molecule has 0 spiro atoms. The van der Waals surface area contributed by atoms with E-state index < -0.39 is 0 Å². The average molecular weight is 382 g/mol. The Morgan fingerprint density at radius 1 is 0.929 bits per heavy atom. The number of carbonyl (C=O) groups is 1. The fraction of sp³-hybridized carbons (Fsp3) is 0.480. The molecule has 3 nitrogen and oxygen atoms in total. The Hall–Kier alpha value is -2.13. The van der Waals surface area contributed by atoms with Crippen LogP contribution in [0.1, 0.15) is 64.4 Å². The third kappa shape index (κ3) is 8.71. The minimum Gasteiger partial charge on any atom is -0.494 e. The quantitative estimate of drug-likeness (QED) is 0.398. The van der Waals surface area contributed by atoms with E-state index in [0.717, 1.165) is 38.3 Å². The molecular weight excluding hydrogens is 346 g/mol. The van der Waals surface area contributed by atoms with Crippen molar-refractivity contribution in [2.45, 2.75) is 65.3 Å². The Labute approximate surface area is 170 Å². The van der Waals surface area contributed by atoms with Crippen molar-refractivity contribution in [3.05, 3.63) is 54.1 Å². The lowest BCUT2D eigenvalue weighted by molar-refractivity contribution is -0.117. The van der Waals surface area contributed by atoms with E-state index in [1.807, 2.05) is 6.07 Å². The number of unbranched alkanes of at least 4 members (excludes halogenated alkanes) is 4. The van der Waals surface area contributed by atoms with Crippen molar-refractivity contribution >= 4 is 5.78 Å². The third-order valence-corrected chi connectivity index (χ3v) is 4.85. The molecule has 0 aromatic heterocycles. The first kappa shape index (κ1) is 22.2. The molecule has 0 bridgehead atoms. The normalized spacial score (nSPS) is 10.8. The zero-order chi connectivity index (χ0) is 20.0. The van der Waals surface area contributed by atoms with Crippen LogP contribution < -0.4 is 10.1 Å². The van der Waals surface area contributed by atoms with Crippen LogP contribution in [0, 0.1) is 0 Å². The van der Waals surface area contributed by atoms with Crippen molar-refractivity contribution in [1.29, 1.82) is 0 Å². The molecular formula is C25H35NO2. The van der Waals surface area contributed by atoms with Gasteiger partial charge >= 0.3 is 0 Å². The van der Waals surface area contributed by atoms with Gasteiger partial charge in [0.2, 0.25) is 0 Å². The summed E-state index contributed by atoms with van der Waals surface area (Å²) in [4.78, 5) is 10.9. The highest BCUT2D eigenvalue weighted by atomic mass is 16.5. The summed E-state index contributed by atoms with van der Waals surface area (Å²) in [7, 11) is 0. The van der Waals surface area contributed by atoms with Gasteiger partial charge in [-0.1, -0.05) is 69.0 Å². The van der Waals surface area contributed by atoms with Crippen molar-refractivity contribution < 1.29 is 9.53 Å². The maximum Gasteiger partial charge on any atom is 0.129 e. The van der Waals surface area contributed by atoms with Crippen molar-refractivity contribution in [1.82, 2.24) is 5.32 Å². The van der Waals surface area contributed by atoms with Crippen molar-refractivity contribution in [3.63, 3.8) is 0 Å². The Balaban J connectivity index is 1.78. The molecule has 0 fully saturated rings. The largest absolute Gasteiger partial charge is 0.494 e. The van der Waals surface area contributed by atoms with Gasteiger partial charge in [0, 0.05) is 13.0 Å². The molecule has 0 amide bonds. The second-order valence-electron chi connectivity index (χ2n) is 7.47. The standard InChI is InChI=1S/C25H35NO2/c1-3-4-5-6-7-18-28-25-12-8-11-24(19-25)23-15-13-22(14-16-23)20-26-17-9-10-21(2)27/h8,11-16,19,26H,3-7,9-10,17-18,20H2,1-2H3. The summed E-state index contributed by atoms with van der Waals surface area (Å²) in [5.74, 6) is 1.21. The van der Waals surface area contributed by atoms with Gasteiger partial charge in [0.1, 0.15) is 11.5 Å². The van der Waals surface area contributed by atoms with Gasteiger partial charge in [-0.15, -0.1) is 0 Å². The zero-order valence-corrected chi connectivity index (χ0v) is 17.5. The SMILES string of the molecule is CCCCCCCOc1cccc(-c2ccc(CNCCCC(C)=O)cc2)c1. The van der Waals surface area contributed by atoms with Crippen LogP contribution in [0.4, 0.5) is 0 Å². The average Bonchev–Trinajstić information content (AvgIpc) is 2.71. The summed E-state index contributed by atoms with van der Waals surface area (Å²) in [6.45, 7) is 6.38. The minimum absolute atomic E-state index is 0.258. The minimum atomic E-state index is 0.258. The summed E-state index contributed by atoms with van der Waals surface area (Å²) in [5, 5.41) is 3.39. The number of Topliss-reactive ketones (excluding diaryl/α,β-unsaturated/α-hetero) is 1. The molecule has 152 valence electrons. The van der Waals surface area contributed by atoms with Crippen LogP contribution in [0.3, 0.4) is 0 Å². The first-order valence-electron chi connectivity index (χ1n) is 10.7. The molecule has 28 heavy (non-hydrogen) atoms. The number of ketones is 1. The van der Waals surface area contributed by atoms with Crippen LogP contribution in [-0.4, -0.2) is 18.9 Å². The highest BCUT2D eigenvalue weighted by Gasteiger charge is 2.02. The highest BCUT2D eigenvalue weighted by molar-refractivity contribution is 5.75. The first-order chi connectivity index (χ1) is 13.7. The van der Waals surface area contributed by atoms with Gasteiger partial charge < -0.3 is 14.8 Å². The fourth-order valence-corrected chi connectivity index (χ4v) is 3.17. The molecule has 3 heteroatoms. The van der Waals surface area contributed by atoms with Crippen LogP contribution in [-0.2, 0) is 11.3 Å². The molecule has 2 aromatic carbocycles. The second-order valence-corrected chi connectivity index (χ2v) is 7.47. The van der Waals surface area contributed by atoms with Gasteiger partial charge in [-0.25, -0.2) is 0 Å². The van der Waals surface area contributed by atoms with Crippen LogP contribution in [0.25, 0.3) is 11.1 Å². The Kier molecular flexibility index (Phi) is 10.4. The molecule has 2 aromatic rings. The lowest BCUT2D eigenvalue weighted by Gasteiger charge is -2.09. The van der Waals surface area contributed by atoms with E-state index in [-0.39, 0.29) is 5.78 Å². The molecule has 0 radical (unpaired) electrons. The molecule has 0 saturated heterocycles. The summed E-state index contributed by atoms with van der Waals surface area (Å²) < 4.78 is 5.93. The van der Waals surface area contributed by atoms with Crippen LogP contribution in [0.15, 0.2) is 48.5 Å². The predicted molar refractivity (Wildman–Crippen MR) is 118 cm³/mol. The first-order valence-corrected chi connectivity index (χ1v) is 10.7. The molecule has 0 atom stereocenters. The van der Waals surface area contributed by atoms with E-state index in [2.05, 4.69) is 54.7 Å². The van der Waals surface area contributed by atoms with Crippen molar-refractivity contribution in [2.24, 2.45) is 0 Å². The lowest BCUT2D eigenvalue weighted by atomic mass is 10.0. The fourth-order valence-electron chi connectivity index (χ4n) is 3.17. The summed E-state index contributed by atoms with van der Waals surface area (Å²) in [5.41, 5.74) is 3.64. The smallest absolute Gasteiger partial charge is 0.129 e. The zero-order valence-electron chi connectivity index (χ0n) is 17.5. The van der Waals surface area contributed by atoms with Crippen molar-refractivity contribution in [3.8, 4) is 16.9 Å². The van der Waals surface area contributed by atoms with Gasteiger partial charge in [0.05, 0.1) is 6.61 Å². The molecule has 1 N–H and O–H groups in total. The van der Waals surface area contributed by atoms with E-state index >= 15 is 0 Å². The lowest BCUT2D eigenvalue weighted by Crippen LogP contribution is -2.15. The predicted octanol–water partition coefficient (Wildman–Crippen LogP) is 6.16. The second kappa shape index (κ2) is 13.1. The van der Waals surface area contributed by atoms with E-state index in [9.17, 15) is 4.79 Å². The van der Waals surface area contributed by atoms with Gasteiger partial charge in [-0.2, -0.15) is 0 Å². The molecule has 0 heterocycles. The molecule has 2 rings (SSSR count). The Morgan fingerprint density at radius 2 is 1.71 bits per heavy atom. The highest BCUT2D eigenvalue weighted by Crippen LogP contribution is 2.24. The van der Waals surface area contributed by atoms with E-state index in [4.69, 9.17) is 4.74 Å². The monoisotopic (exact) mass is 381 g/mol.